The summed E-state index contributed by atoms with van der Waals surface area (Å²) in [5, 5.41) is 0.407. The number of carbonyl (C=O) groups is 2. The smallest absolute Gasteiger partial charge is 0.339 e. The number of amides is 1. The molecule has 0 aliphatic carbocycles. The molecule has 0 radical (unpaired) electrons. The maximum Gasteiger partial charge on any atom is 0.339 e. The second-order valence-electron chi connectivity index (χ2n) is 6.85. The highest BCUT2D eigenvalue weighted by atomic mass is 35.5. The molecule has 2 heterocycles. The third kappa shape index (κ3) is 5.10. The largest absolute Gasteiger partial charge is 0.462 e. The third-order valence-electron chi connectivity index (χ3n) is 4.87. The van der Waals surface area contributed by atoms with Gasteiger partial charge in [-0.1, -0.05) is 17.7 Å². The van der Waals surface area contributed by atoms with Gasteiger partial charge in [0.1, 0.15) is 11.5 Å². The molecule has 0 atom stereocenters. The first-order valence-electron chi connectivity index (χ1n) is 9.49. The lowest BCUT2D eigenvalue weighted by atomic mass is 10.1. The van der Waals surface area contributed by atoms with Crippen molar-refractivity contribution in [2.75, 3.05) is 32.8 Å². The van der Waals surface area contributed by atoms with Gasteiger partial charge in [0.15, 0.2) is 0 Å². The molecule has 0 N–H and O–H groups in total. The lowest BCUT2D eigenvalue weighted by Crippen LogP contribution is -2.48. The molecule has 154 valence electrons. The Morgan fingerprint density at radius 1 is 1.17 bits per heavy atom. The van der Waals surface area contributed by atoms with Crippen molar-refractivity contribution < 1.29 is 18.7 Å². The lowest BCUT2D eigenvalue weighted by molar-refractivity contribution is 0.0522. The van der Waals surface area contributed by atoms with Gasteiger partial charge in [-0.15, -0.1) is 0 Å². The van der Waals surface area contributed by atoms with Crippen LogP contribution in [-0.2, 0) is 11.3 Å². The van der Waals surface area contributed by atoms with E-state index in [0.717, 1.165) is 5.56 Å². The van der Waals surface area contributed by atoms with Crippen LogP contribution in [0.1, 0.15) is 39.0 Å². The number of hydrogen-bond donors (Lipinski definition) is 0. The van der Waals surface area contributed by atoms with Crippen molar-refractivity contribution >= 4 is 23.5 Å². The summed E-state index contributed by atoms with van der Waals surface area (Å²) >= 11 is 6.11. The van der Waals surface area contributed by atoms with E-state index >= 15 is 0 Å². The Balaban J connectivity index is 1.60. The Hall–Kier alpha value is -2.51. The number of hydrogen-bond acceptors (Lipinski definition) is 5. The van der Waals surface area contributed by atoms with Crippen LogP contribution in [-0.4, -0.2) is 59.4 Å². The zero-order chi connectivity index (χ0) is 21.0. The zero-order valence-corrected chi connectivity index (χ0v) is 17.2. The molecule has 0 bridgehead atoms. The number of aryl methyl sites for hydroxylation is 1. The molecule has 1 saturated heterocycles. The number of pyridine rings is 1. The van der Waals surface area contributed by atoms with Gasteiger partial charge in [0.25, 0.3) is 5.91 Å². The van der Waals surface area contributed by atoms with E-state index in [2.05, 4.69) is 9.88 Å². The highest BCUT2D eigenvalue weighted by molar-refractivity contribution is 6.31. The van der Waals surface area contributed by atoms with Crippen LogP contribution in [0.4, 0.5) is 4.39 Å². The molecular weight excluding hydrogens is 397 g/mol. The van der Waals surface area contributed by atoms with Gasteiger partial charge in [0.2, 0.25) is 0 Å². The number of piperazine rings is 1. The van der Waals surface area contributed by atoms with Gasteiger partial charge in [-0.2, -0.15) is 0 Å². The highest BCUT2D eigenvalue weighted by Crippen LogP contribution is 2.20. The van der Waals surface area contributed by atoms with E-state index in [0.29, 0.717) is 54.7 Å². The Labute approximate surface area is 174 Å². The monoisotopic (exact) mass is 419 g/mol. The highest BCUT2D eigenvalue weighted by Gasteiger charge is 2.24. The minimum absolute atomic E-state index is 0.164. The summed E-state index contributed by atoms with van der Waals surface area (Å²) in [7, 11) is 0. The topological polar surface area (TPSA) is 62.7 Å². The van der Waals surface area contributed by atoms with E-state index in [1.54, 1.807) is 36.9 Å². The van der Waals surface area contributed by atoms with E-state index in [1.165, 1.54) is 12.1 Å². The van der Waals surface area contributed by atoms with Gasteiger partial charge in [-0.05, 0) is 43.7 Å². The van der Waals surface area contributed by atoms with Crippen LogP contribution in [0.2, 0.25) is 5.02 Å². The summed E-state index contributed by atoms with van der Waals surface area (Å²) in [5.74, 6) is -0.960. The number of rotatable bonds is 5. The number of nitrogens with zero attached hydrogens (tertiary/aromatic N) is 3. The van der Waals surface area contributed by atoms with Crippen LogP contribution in [0.3, 0.4) is 0 Å². The van der Waals surface area contributed by atoms with Crippen LogP contribution < -0.4 is 0 Å². The van der Waals surface area contributed by atoms with Crippen molar-refractivity contribution in [1.82, 2.24) is 14.8 Å². The minimum atomic E-state index is -0.440. The summed E-state index contributed by atoms with van der Waals surface area (Å²) in [6.45, 7) is 6.78. The molecule has 0 saturated carbocycles. The molecule has 3 rings (SSSR count). The first-order chi connectivity index (χ1) is 13.9. The summed E-state index contributed by atoms with van der Waals surface area (Å²) in [4.78, 5) is 32.9. The van der Waals surface area contributed by atoms with Gasteiger partial charge in [0, 0.05) is 37.7 Å². The molecule has 8 heteroatoms. The van der Waals surface area contributed by atoms with Crippen molar-refractivity contribution in [3.8, 4) is 0 Å². The van der Waals surface area contributed by atoms with Crippen LogP contribution in [0.15, 0.2) is 30.3 Å². The van der Waals surface area contributed by atoms with Crippen molar-refractivity contribution in [2.24, 2.45) is 0 Å². The maximum atomic E-state index is 13.2. The van der Waals surface area contributed by atoms with Crippen molar-refractivity contribution in [3.05, 3.63) is 63.7 Å². The van der Waals surface area contributed by atoms with Crippen molar-refractivity contribution in [1.29, 1.82) is 0 Å². The second kappa shape index (κ2) is 9.33. The number of esters is 1. The Kier molecular flexibility index (Phi) is 6.82. The van der Waals surface area contributed by atoms with E-state index in [1.807, 2.05) is 0 Å². The molecule has 1 amide bonds. The fourth-order valence-corrected chi connectivity index (χ4v) is 3.49. The molecule has 1 aliphatic rings. The SMILES string of the molecule is CCOC(=O)c1ccc(C(=O)N2CCN(Cc3ccc(F)cc3Cl)CC2)nc1C. The lowest BCUT2D eigenvalue weighted by Gasteiger charge is -2.34. The fraction of sp³-hybridized carbons (Fsp3) is 0.381. The Morgan fingerprint density at radius 3 is 2.52 bits per heavy atom. The number of benzene rings is 1. The predicted octanol–water partition coefficient (Wildman–Crippen LogP) is 3.32. The van der Waals surface area contributed by atoms with Gasteiger partial charge >= 0.3 is 5.97 Å². The number of carbonyl (C=O) groups excluding carboxylic acids is 2. The van der Waals surface area contributed by atoms with Gasteiger partial charge < -0.3 is 9.64 Å². The molecule has 0 unspecified atom stereocenters. The van der Waals surface area contributed by atoms with E-state index in [9.17, 15) is 14.0 Å². The first kappa shape index (κ1) is 21.2. The average molecular weight is 420 g/mol. The molecule has 1 aliphatic heterocycles. The van der Waals surface area contributed by atoms with Crippen LogP contribution >= 0.6 is 11.6 Å². The van der Waals surface area contributed by atoms with Crippen LogP contribution in [0, 0.1) is 12.7 Å². The summed E-state index contributed by atoms with van der Waals surface area (Å²) in [5.41, 5.74) is 2.01. The molecule has 2 aromatic rings. The number of ether oxygens (including phenoxy) is 1. The summed E-state index contributed by atoms with van der Waals surface area (Å²) in [6.07, 6.45) is 0. The molecule has 1 fully saturated rings. The molecule has 1 aromatic carbocycles. The molecular formula is C21H23ClFN3O3. The molecule has 6 nitrogen and oxygen atoms in total. The summed E-state index contributed by atoms with van der Waals surface area (Å²) < 4.78 is 18.2. The normalized spacial score (nSPS) is 14.7. The standard InChI is InChI=1S/C21H23ClFN3O3/c1-3-29-21(28)17-6-7-19(24-14(17)2)20(27)26-10-8-25(9-11-26)13-15-4-5-16(23)12-18(15)22/h4-7,12H,3,8-11,13H2,1-2H3. The third-order valence-corrected chi connectivity index (χ3v) is 5.22. The predicted molar refractivity (Wildman–Crippen MR) is 108 cm³/mol. The molecule has 1 aromatic heterocycles. The fourth-order valence-electron chi connectivity index (χ4n) is 3.27. The van der Waals surface area contributed by atoms with Gasteiger partial charge in [0.05, 0.1) is 17.9 Å². The van der Waals surface area contributed by atoms with Crippen LogP contribution in [0.5, 0.6) is 0 Å². The van der Waals surface area contributed by atoms with E-state index in [4.69, 9.17) is 16.3 Å². The second-order valence-corrected chi connectivity index (χ2v) is 7.26. The molecule has 0 spiro atoms. The number of halogens is 2. The first-order valence-corrected chi connectivity index (χ1v) is 9.87. The number of aromatic nitrogens is 1. The summed E-state index contributed by atoms with van der Waals surface area (Å²) in [6, 6.07) is 7.54. The van der Waals surface area contributed by atoms with Crippen LogP contribution in [0.25, 0.3) is 0 Å². The van der Waals surface area contributed by atoms with Crippen molar-refractivity contribution in [3.63, 3.8) is 0 Å². The quantitative estimate of drug-likeness (QED) is 0.696. The Bertz CT molecular complexity index is 914. The van der Waals surface area contributed by atoms with Crippen molar-refractivity contribution in [2.45, 2.75) is 20.4 Å². The molecule has 29 heavy (non-hydrogen) atoms. The maximum absolute atomic E-state index is 13.2. The average Bonchev–Trinajstić information content (AvgIpc) is 2.70. The van der Waals surface area contributed by atoms with Gasteiger partial charge in [-0.25, -0.2) is 14.2 Å². The van der Waals surface area contributed by atoms with E-state index < -0.39 is 5.97 Å². The van der Waals surface area contributed by atoms with Gasteiger partial charge in [-0.3, -0.25) is 9.69 Å². The zero-order valence-electron chi connectivity index (χ0n) is 16.5. The Morgan fingerprint density at radius 2 is 1.90 bits per heavy atom. The minimum Gasteiger partial charge on any atom is -0.462 e. The van der Waals surface area contributed by atoms with E-state index in [-0.39, 0.29) is 18.3 Å².